The molecule has 0 aliphatic carbocycles. The Labute approximate surface area is 152 Å². The number of carbonyl (C=O) groups excluding carboxylic acids is 1. The van der Waals surface area contributed by atoms with E-state index in [1.807, 2.05) is 36.4 Å². The Morgan fingerprint density at radius 3 is 2.33 bits per heavy atom. The molecule has 1 heterocycles. The van der Waals surface area contributed by atoms with E-state index in [9.17, 15) is 4.79 Å². The van der Waals surface area contributed by atoms with Crippen LogP contribution in [-0.2, 0) is 11.3 Å². The van der Waals surface area contributed by atoms with E-state index < -0.39 is 0 Å². The molecule has 1 amide bonds. The van der Waals surface area contributed by atoms with E-state index in [4.69, 9.17) is 23.2 Å². The molecule has 0 aromatic heterocycles. The van der Waals surface area contributed by atoms with Crippen molar-refractivity contribution in [1.29, 1.82) is 0 Å². The number of rotatable bonds is 4. The summed E-state index contributed by atoms with van der Waals surface area (Å²) in [6.07, 6.45) is 1.96. The van der Waals surface area contributed by atoms with Crippen molar-refractivity contribution in [2.75, 3.05) is 18.4 Å². The third-order valence-electron chi connectivity index (χ3n) is 4.31. The summed E-state index contributed by atoms with van der Waals surface area (Å²) in [7, 11) is 0. The summed E-state index contributed by atoms with van der Waals surface area (Å²) in [5, 5.41) is 4.40. The number of nitrogens with zero attached hydrogens (tertiary/aromatic N) is 1. The smallest absolute Gasteiger partial charge is 0.228 e. The van der Waals surface area contributed by atoms with Gasteiger partial charge in [-0.3, -0.25) is 9.69 Å². The summed E-state index contributed by atoms with van der Waals surface area (Å²) < 4.78 is 0. The van der Waals surface area contributed by atoms with Gasteiger partial charge in [-0.2, -0.15) is 0 Å². The van der Waals surface area contributed by atoms with Crippen molar-refractivity contribution < 1.29 is 4.79 Å². The lowest BCUT2D eigenvalue weighted by molar-refractivity contribution is -0.121. The van der Waals surface area contributed by atoms with E-state index in [2.05, 4.69) is 10.2 Å². The molecule has 126 valence electrons. The number of carbonyl (C=O) groups is 1. The van der Waals surface area contributed by atoms with Crippen LogP contribution in [0.25, 0.3) is 0 Å². The molecule has 1 N–H and O–H groups in total. The minimum Gasteiger partial charge on any atom is -0.326 e. The number of hydrogen-bond acceptors (Lipinski definition) is 2. The first kappa shape index (κ1) is 17.3. The quantitative estimate of drug-likeness (QED) is 0.843. The van der Waals surface area contributed by atoms with Crippen molar-refractivity contribution >= 4 is 34.8 Å². The predicted molar refractivity (Wildman–Crippen MR) is 99.5 cm³/mol. The minimum atomic E-state index is 0.0155. The Morgan fingerprint density at radius 1 is 1.04 bits per heavy atom. The molecule has 0 saturated carbocycles. The molecule has 0 radical (unpaired) electrons. The first-order valence-electron chi connectivity index (χ1n) is 8.13. The Kier molecular flexibility index (Phi) is 5.77. The molecule has 1 aliphatic heterocycles. The average Bonchev–Trinajstić information content (AvgIpc) is 2.59. The maximum atomic E-state index is 12.5. The number of likely N-dealkylation sites (tertiary alicyclic amines) is 1. The van der Waals surface area contributed by atoms with Gasteiger partial charge >= 0.3 is 0 Å². The molecule has 0 bridgehead atoms. The van der Waals surface area contributed by atoms with E-state index in [0.29, 0.717) is 5.02 Å². The van der Waals surface area contributed by atoms with Crippen LogP contribution in [0, 0.1) is 5.92 Å². The van der Waals surface area contributed by atoms with Gasteiger partial charge in [0, 0.05) is 28.8 Å². The van der Waals surface area contributed by atoms with Crippen molar-refractivity contribution in [2.45, 2.75) is 19.4 Å². The van der Waals surface area contributed by atoms with Gasteiger partial charge in [-0.15, -0.1) is 0 Å². The highest BCUT2D eigenvalue weighted by Crippen LogP contribution is 2.21. The number of piperidine rings is 1. The van der Waals surface area contributed by atoms with Crippen LogP contribution in [0.2, 0.25) is 10.0 Å². The highest BCUT2D eigenvalue weighted by atomic mass is 35.5. The second-order valence-corrected chi connectivity index (χ2v) is 7.07. The summed E-state index contributed by atoms with van der Waals surface area (Å²) >= 11 is 11.8. The van der Waals surface area contributed by atoms with Gasteiger partial charge in [0.25, 0.3) is 0 Å². The zero-order valence-electron chi connectivity index (χ0n) is 13.3. The van der Waals surface area contributed by atoms with Crippen LogP contribution >= 0.6 is 23.2 Å². The third-order valence-corrected chi connectivity index (χ3v) is 4.81. The van der Waals surface area contributed by atoms with E-state index in [1.54, 1.807) is 12.1 Å². The van der Waals surface area contributed by atoms with Gasteiger partial charge in [0.05, 0.1) is 5.92 Å². The van der Waals surface area contributed by atoms with Crippen LogP contribution in [0.15, 0.2) is 48.5 Å². The van der Waals surface area contributed by atoms with Gasteiger partial charge in [0.2, 0.25) is 5.91 Å². The maximum absolute atomic E-state index is 12.5. The van der Waals surface area contributed by atoms with Crippen molar-refractivity contribution in [1.82, 2.24) is 4.90 Å². The number of amides is 1. The van der Waals surface area contributed by atoms with Gasteiger partial charge in [-0.05, 0) is 61.3 Å². The van der Waals surface area contributed by atoms with E-state index in [0.717, 1.165) is 43.2 Å². The van der Waals surface area contributed by atoms with Crippen molar-refractivity contribution in [3.05, 3.63) is 64.1 Å². The second kappa shape index (κ2) is 8.02. The number of hydrogen-bond donors (Lipinski definition) is 1. The van der Waals surface area contributed by atoms with Crippen molar-refractivity contribution in [3.63, 3.8) is 0 Å². The Balaban J connectivity index is 1.57. The van der Waals surface area contributed by atoms with E-state index in [1.165, 1.54) is 5.56 Å². The monoisotopic (exact) mass is 362 g/mol. The third kappa shape index (κ3) is 4.73. The largest absolute Gasteiger partial charge is 0.326 e. The van der Waals surface area contributed by atoms with E-state index >= 15 is 0 Å². The number of benzene rings is 2. The number of nitrogens with one attached hydrogen (secondary N) is 1. The molecule has 2 aromatic rings. The Morgan fingerprint density at radius 2 is 1.67 bits per heavy atom. The zero-order chi connectivity index (χ0) is 16.9. The van der Waals surface area contributed by atoms with Gasteiger partial charge < -0.3 is 5.32 Å². The summed E-state index contributed by atoms with van der Waals surface area (Å²) in [5.41, 5.74) is 2.01. The first-order valence-corrected chi connectivity index (χ1v) is 8.89. The fraction of sp³-hybridized carbons (Fsp3) is 0.316. The lowest BCUT2D eigenvalue weighted by Gasteiger charge is -2.32. The standard InChI is InChI=1S/C19H20Cl2N2O/c20-16-5-3-14(4-6-16)12-23-11-1-2-15(13-23)19(24)22-18-9-7-17(21)8-10-18/h3-10,15H,1-2,11-13H2,(H,22,24)/t15-/m1/s1. The minimum absolute atomic E-state index is 0.0155. The average molecular weight is 363 g/mol. The fourth-order valence-electron chi connectivity index (χ4n) is 3.04. The molecule has 3 nitrogen and oxygen atoms in total. The van der Waals surface area contributed by atoms with Crippen molar-refractivity contribution in [2.24, 2.45) is 5.92 Å². The molecule has 2 aromatic carbocycles. The van der Waals surface area contributed by atoms with Crippen LogP contribution in [0.3, 0.4) is 0 Å². The zero-order valence-corrected chi connectivity index (χ0v) is 14.9. The van der Waals surface area contributed by atoms with Gasteiger partial charge in [0.15, 0.2) is 0 Å². The van der Waals surface area contributed by atoms with Crippen LogP contribution in [0.4, 0.5) is 5.69 Å². The highest BCUT2D eigenvalue weighted by molar-refractivity contribution is 6.30. The number of anilines is 1. The second-order valence-electron chi connectivity index (χ2n) is 6.20. The molecule has 0 unspecified atom stereocenters. The Bertz CT molecular complexity index is 686. The lowest BCUT2D eigenvalue weighted by atomic mass is 9.96. The first-order chi connectivity index (χ1) is 11.6. The normalized spacial score (nSPS) is 18.3. The highest BCUT2D eigenvalue weighted by Gasteiger charge is 2.25. The molecule has 1 fully saturated rings. The molecular formula is C19H20Cl2N2O. The number of halogens is 2. The van der Waals surface area contributed by atoms with Gasteiger partial charge in [-0.1, -0.05) is 35.3 Å². The molecule has 1 atom stereocenters. The van der Waals surface area contributed by atoms with Crippen molar-refractivity contribution in [3.8, 4) is 0 Å². The van der Waals surface area contributed by atoms with Gasteiger partial charge in [-0.25, -0.2) is 0 Å². The maximum Gasteiger partial charge on any atom is 0.228 e. The van der Waals surface area contributed by atoms with Crippen LogP contribution in [-0.4, -0.2) is 23.9 Å². The fourth-order valence-corrected chi connectivity index (χ4v) is 3.29. The molecule has 5 heteroatoms. The topological polar surface area (TPSA) is 32.3 Å². The SMILES string of the molecule is O=C(Nc1ccc(Cl)cc1)[C@@H]1CCCN(Cc2ccc(Cl)cc2)C1. The van der Waals surface area contributed by atoms with Gasteiger partial charge in [0.1, 0.15) is 0 Å². The molecule has 0 spiro atoms. The molecule has 1 saturated heterocycles. The summed E-state index contributed by atoms with van der Waals surface area (Å²) in [6, 6.07) is 15.1. The molecule has 1 aliphatic rings. The van der Waals surface area contributed by atoms with E-state index in [-0.39, 0.29) is 11.8 Å². The molecular weight excluding hydrogens is 343 g/mol. The van der Waals surface area contributed by atoms with Crippen LogP contribution < -0.4 is 5.32 Å². The van der Waals surface area contributed by atoms with Crippen LogP contribution in [0.1, 0.15) is 18.4 Å². The lowest BCUT2D eigenvalue weighted by Crippen LogP contribution is -2.40. The molecule has 3 rings (SSSR count). The Hall–Kier alpha value is -1.55. The van der Waals surface area contributed by atoms with Crippen LogP contribution in [0.5, 0.6) is 0 Å². The summed E-state index contributed by atoms with van der Waals surface area (Å²) in [6.45, 7) is 2.65. The summed E-state index contributed by atoms with van der Waals surface area (Å²) in [4.78, 5) is 14.8. The predicted octanol–water partition coefficient (Wildman–Crippen LogP) is 4.84. The molecule has 24 heavy (non-hydrogen) atoms. The summed E-state index contributed by atoms with van der Waals surface area (Å²) in [5.74, 6) is 0.0971.